The molecule has 1 N–H and O–H groups in total. The molecule has 1 aliphatic rings. The molecule has 2 rings (SSSR count). The van der Waals surface area contributed by atoms with Gasteiger partial charge in [0.2, 0.25) is 0 Å². The van der Waals surface area contributed by atoms with Crippen molar-refractivity contribution in [2.24, 2.45) is 5.92 Å². The fraction of sp³-hybridized carbons (Fsp3) is 0.688. The van der Waals surface area contributed by atoms with Crippen molar-refractivity contribution in [3.05, 3.63) is 23.9 Å². The molecule has 0 spiro atoms. The molecule has 20 heavy (non-hydrogen) atoms. The summed E-state index contributed by atoms with van der Waals surface area (Å²) in [7, 11) is 0. The Morgan fingerprint density at radius 2 is 2.35 bits per heavy atom. The van der Waals surface area contributed by atoms with Crippen LogP contribution in [0.4, 0.5) is 5.82 Å². The Morgan fingerprint density at radius 1 is 1.50 bits per heavy atom. The second-order valence-corrected chi connectivity index (χ2v) is 5.89. The first-order valence-electron chi connectivity index (χ1n) is 7.71. The third-order valence-electron chi connectivity index (χ3n) is 3.61. The van der Waals surface area contributed by atoms with Crippen LogP contribution in [0.5, 0.6) is 0 Å². The van der Waals surface area contributed by atoms with Crippen LogP contribution < -0.4 is 10.2 Å². The van der Waals surface area contributed by atoms with Crippen LogP contribution in [0.2, 0.25) is 0 Å². The first-order chi connectivity index (χ1) is 9.69. The summed E-state index contributed by atoms with van der Waals surface area (Å²) in [6.07, 6.45) is 3.32. The minimum atomic E-state index is 0.341. The van der Waals surface area contributed by atoms with Gasteiger partial charge in [0.25, 0.3) is 0 Å². The zero-order valence-electron chi connectivity index (χ0n) is 12.9. The van der Waals surface area contributed by atoms with Crippen LogP contribution in [0.25, 0.3) is 0 Å². The molecule has 1 fully saturated rings. The van der Waals surface area contributed by atoms with Gasteiger partial charge in [-0.25, -0.2) is 4.98 Å². The van der Waals surface area contributed by atoms with Crippen LogP contribution >= 0.6 is 0 Å². The molecule has 0 bridgehead atoms. The van der Waals surface area contributed by atoms with Gasteiger partial charge in [-0.3, -0.25) is 0 Å². The maximum absolute atomic E-state index is 5.72. The third-order valence-corrected chi connectivity index (χ3v) is 3.61. The van der Waals surface area contributed by atoms with E-state index in [2.05, 4.69) is 48.1 Å². The highest BCUT2D eigenvalue weighted by atomic mass is 16.5. The molecule has 112 valence electrons. The molecule has 1 atom stereocenters. The number of nitrogens with one attached hydrogen (secondary N) is 1. The van der Waals surface area contributed by atoms with Gasteiger partial charge in [-0.05, 0) is 36.6 Å². The van der Waals surface area contributed by atoms with Crippen LogP contribution in [-0.2, 0) is 11.3 Å². The second-order valence-electron chi connectivity index (χ2n) is 5.89. The van der Waals surface area contributed by atoms with Crippen molar-refractivity contribution in [2.75, 3.05) is 31.1 Å². The van der Waals surface area contributed by atoms with E-state index in [9.17, 15) is 0 Å². The van der Waals surface area contributed by atoms with E-state index >= 15 is 0 Å². The number of hydrogen-bond donors (Lipinski definition) is 1. The summed E-state index contributed by atoms with van der Waals surface area (Å²) in [6.45, 7) is 11.3. The van der Waals surface area contributed by atoms with Crippen molar-refractivity contribution in [1.29, 1.82) is 0 Å². The number of ether oxygens (including phenoxy) is 1. The van der Waals surface area contributed by atoms with Gasteiger partial charge in [-0.2, -0.15) is 0 Å². The number of nitrogens with zero attached hydrogens (tertiary/aromatic N) is 2. The van der Waals surface area contributed by atoms with E-state index in [1.807, 2.05) is 6.20 Å². The number of aromatic nitrogens is 1. The molecule has 1 aromatic heterocycles. The lowest BCUT2D eigenvalue weighted by Gasteiger charge is -2.33. The van der Waals surface area contributed by atoms with E-state index < -0.39 is 0 Å². The SMILES string of the molecule is CCC1CN(c2cc(CNCC(C)C)ccn2)CCO1. The molecule has 1 saturated heterocycles. The van der Waals surface area contributed by atoms with Gasteiger partial charge in [-0.1, -0.05) is 20.8 Å². The second kappa shape index (κ2) is 7.60. The minimum absolute atomic E-state index is 0.341. The largest absolute Gasteiger partial charge is 0.375 e. The van der Waals surface area contributed by atoms with Gasteiger partial charge in [0.05, 0.1) is 12.7 Å². The van der Waals surface area contributed by atoms with E-state index in [0.29, 0.717) is 12.0 Å². The fourth-order valence-electron chi connectivity index (χ4n) is 2.42. The number of hydrogen-bond acceptors (Lipinski definition) is 4. The van der Waals surface area contributed by atoms with Crippen LogP contribution in [-0.4, -0.2) is 37.3 Å². The van der Waals surface area contributed by atoms with Crippen LogP contribution in [0, 0.1) is 5.92 Å². The van der Waals surface area contributed by atoms with Crippen molar-refractivity contribution in [2.45, 2.75) is 39.8 Å². The summed E-state index contributed by atoms with van der Waals surface area (Å²) in [6, 6.07) is 4.29. The standard InChI is InChI=1S/C16H27N3O/c1-4-15-12-19(7-8-20-15)16-9-14(5-6-18-16)11-17-10-13(2)3/h5-6,9,13,15,17H,4,7-8,10-12H2,1-3H3. The Labute approximate surface area is 122 Å². The quantitative estimate of drug-likeness (QED) is 0.866. The zero-order valence-corrected chi connectivity index (χ0v) is 12.9. The van der Waals surface area contributed by atoms with Crippen LogP contribution in [0.1, 0.15) is 32.8 Å². The van der Waals surface area contributed by atoms with E-state index in [1.165, 1.54) is 5.56 Å². The predicted molar refractivity (Wildman–Crippen MR) is 83.0 cm³/mol. The van der Waals surface area contributed by atoms with Gasteiger partial charge in [-0.15, -0.1) is 0 Å². The summed E-state index contributed by atoms with van der Waals surface area (Å²) >= 11 is 0. The number of pyridine rings is 1. The predicted octanol–water partition coefficient (Wildman–Crippen LogP) is 2.44. The molecule has 1 aromatic rings. The van der Waals surface area contributed by atoms with Crippen LogP contribution in [0.15, 0.2) is 18.3 Å². The van der Waals surface area contributed by atoms with E-state index in [4.69, 9.17) is 4.74 Å². The van der Waals surface area contributed by atoms with Gasteiger partial charge in [0, 0.05) is 25.8 Å². The normalized spacial score (nSPS) is 19.6. The van der Waals surface area contributed by atoms with Crippen molar-refractivity contribution >= 4 is 5.82 Å². The molecular weight excluding hydrogens is 250 g/mol. The van der Waals surface area contributed by atoms with Gasteiger partial charge in [0.1, 0.15) is 5.82 Å². The highest BCUT2D eigenvalue weighted by molar-refractivity contribution is 5.41. The smallest absolute Gasteiger partial charge is 0.128 e. The van der Waals surface area contributed by atoms with Crippen molar-refractivity contribution in [3.8, 4) is 0 Å². The lowest BCUT2D eigenvalue weighted by molar-refractivity contribution is 0.0381. The minimum Gasteiger partial charge on any atom is -0.375 e. The molecule has 0 aliphatic carbocycles. The Balaban J connectivity index is 1.94. The molecule has 0 radical (unpaired) electrons. The maximum Gasteiger partial charge on any atom is 0.128 e. The Morgan fingerprint density at radius 3 is 3.10 bits per heavy atom. The molecular formula is C16H27N3O. The van der Waals surface area contributed by atoms with E-state index in [-0.39, 0.29) is 0 Å². The van der Waals surface area contributed by atoms with Gasteiger partial charge in [0.15, 0.2) is 0 Å². The molecule has 0 aromatic carbocycles. The maximum atomic E-state index is 5.72. The molecule has 0 saturated carbocycles. The first kappa shape index (κ1) is 15.3. The molecule has 2 heterocycles. The fourth-order valence-corrected chi connectivity index (χ4v) is 2.42. The highest BCUT2D eigenvalue weighted by Gasteiger charge is 2.19. The number of rotatable bonds is 6. The average molecular weight is 277 g/mol. The topological polar surface area (TPSA) is 37.4 Å². The Kier molecular flexibility index (Phi) is 5.80. The van der Waals surface area contributed by atoms with Crippen molar-refractivity contribution in [3.63, 3.8) is 0 Å². The highest BCUT2D eigenvalue weighted by Crippen LogP contribution is 2.17. The van der Waals surface area contributed by atoms with Crippen LogP contribution in [0.3, 0.4) is 0 Å². The Bertz CT molecular complexity index is 408. The average Bonchev–Trinajstić information content (AvgIpc) is 2.47. The Hall–Kier alpha value is -1.13. The molecule has 4 heteroatoms. The first-order valence-corrected chi connectivity index (χ1v) is 7.71. The summed E-state index contributed by atoms with van der Waals surface area (Å²) in [4.78, 5) is 6.85. The lowest BCUT2D eigenvalue weighted by atomic mass is 10.2. The van der Waals surface area contributed by atoms with E-state index in [1.54, 1.807) is 0 Å². The summed E-state index contributed by atoms with van der Waals surface area (Å²) in [5.74, 6) is 1.76. The van der Waals surface area contributed by atoms with Gasteiger partial charge >= 0.3 is 0 Å². The summed E-state index contributed by atoms with van der Waals surface area (Å²) in [5, 5.41) is 3.48. The van der Waals surface area contributed by atoms with Crippen molar-refractivity contribution < 1.29 is 4.74 Å². The molecule has 0 amide bonds. The summed E-state index contributed by atoms with van der Waals surface area (Å²) < 4.78 is 5.72. The molecule has 4 nitrogen and oxygen atoms in total. The number of morpholine rings is 1. The third kappa shape index (κ3) is 4.46. The van der Waals surface area contributed by atoms with Crippen molar-refractivity contribution in [1.82, 2.24) is 10.3 Å². The van der Waals surface area contributed by atoms with E-state index in [0.717, 1.165) is 45.0 Å². The number of anilines is 1. The summed E-state index contributed by atoms with van der Waals surface area (Å²) in [5.41, 5.74) is 1.30. The van der Waals surface area contributed by atoms with Gasteiger partial charge < -0.3 is 15.0 Å². The lowest BCUT2D eigenvalue weighted by Crippen LogP contribution is -2.42. The molecule has 1 aliphatic heterocycles. The zero-order chi connectivity index (χ0) is 14.4. The monoisotopic (exact) mass is 277 g/mol. The molecule has 1 unspecified atom stereocenters.